The van der Waals surface area contributed by atoms with Gasteiger partial charge in [-0.15, -0.1) is 0 Å². The largest absolute Gasteiger partial charge is 0.390 e. The Labute approximate surface area is 112 Å². The molecular weight excluding hydrogens is 224 g/mol. The van der Waals surface area contributed by atoms with Gasteiger partial charge in [0.15, 0.2) is 0 Å². The Morgan fingerprint density at radius 2 is 2.06 bits per heavy atom. The molecule has 0 aromatic heterocycles. The molecule has 1 saturated heterocycles. The molecule has 0 bridgehead atoms. The summed E-state index contributed by atoms with van der Waals surface area (Å²) in [6.07, 6.45) is 5.76. The highest BCUT2D eigenvalue weighted by Crippen LogP contribution is 2.39. The first-order chi connectivity index (χ1) is 8.39. The second-order valence-corrected chi connectivity index (χ2v) is 7.27. The zero-order valence-corrected chi connectivity index (χ0v) is 12.3. The first-order valence-electron chi connectivity index (χ1n) is 7.59. The van der Waals surface area contributed by atoms with Crippen LogP contribution in [-0.2, 0) is 0 Å². The molecule has 2 aliphatic rings. The fraction of sp³-hybridized carbons (Fsp3) is 1.00. The zero-order chi connectivity index (χ0) is 13.2. The summed E-state index contributed by atoms with van der Waals surface area (Å²) in [5, 5.41) is 14.2. The van der Waals surface area contributed by atoms with E-state index in [1.54, 1.807) is 0 Å². The van der Waals surface area contributed by atoms with Crippen LogP contribution in [0.4, 0.5) is 0 Å². The van der Waals surface area contributed by atoms with Gasteiger partial charge in [0, 0.05) is 37.6 Å². The number of nitrogens with one attached hydrogen (secondary N) is 1. The fourth-order valence-corrected chi connectivity index (χ4v) is 3.43. The van der Waals surface area contributed by atoms with Gasteiger partial charge in [0.05, 0.1) is 5.60 Å². The number of fused-ring (bicyclic) bond motifs is 1. The standard InChI is InChI=1S/C15H30N2O/c1-14(2,3)16-9-11-17-10-8-15(18)7-5-4-6-13(15)12-17/h13,16,18H,4-12H2,1-3H3. The second kappa shape index (κ2) is 5.48. The molecule has 2 N–H and O–H groups in total. The van der Waals surface area contributed by atoms with E-state index in [1.807, 2.05) is 0 Å². The molecule has 0 aromatic rings. The molecule has 2 rings (SSSR count). The lowest BCUT2D eigenvalue weighted by Gasteiger charge is -2.47. The minimum absolute atomic E-state index is 0.210. The molecule has 106 valence electrons. The summed E-state index contributed by atoms with van der Waals surface area (Å²) in [7, 11) is 0. The van der Waals surface area contributed by atoms with Gasteiger partial charge >= 0.3 is 0 Å². The maximum Gasteiger partial charge on any atom is 0.0700 e. The number of nitrogens with zero attached hydrogens (tertiary/aromatic N) is 1. The van der Waals surface area contributed by atoms with Crippen LogP contribution in [0.5, 0.6) is 0 Å². The third-order valence-electron chi connectivity index (χ3n) is 4.60. The van der Waals surface area contributed by atoms with Crippen LogP contribution >= 0.6 is 0 Å². The fourth-order valence-electron chi connectivity index (χ4n) is 3.43. The van der Waals surface area contributed by atoms with Gasteiger partial charge in [-0.2, -0.15) is 0 Å². The van der Waals surface area contributed by atoms with Crippen molar-refractivity contribution in [2.45, 2.75) is 64.0 Å². The lowest BCUT2D eigenvalue weighted by molar-refractivity contribution is -0.0950. The van der Waals surface area contributed by atoms with Gasteiger partial charge in [-0.25, -0.2) is 0 Å². The molecule has 3 nitrogen and oxygen atoms in total. The van der Waals surface area contributed by atoms with Crippen molar-refractivity contribution in [3.05, 3.63) is 0 Å². The van der Waals surface area contributed by atoms with Crippen LogP contribution < -0.4 is 5.32 Å². The summed E-state index contributed by atoms with van der Waals surface area (Å²) in [5.74, 6) is 0.523. The van der Waals surface area contributed by atoms with Gasteiger partial charge in [-0.05, 0) is 40.0 Å². The molecule has 0 amide bonds. The van der Waals surface area contributed by atoms with Gasteiger partial charge < -0.3 is 15.3 Å². The highest BCUT2D eigenvalue weighted by molar-refractivity contribution is 4.95. The van der Waals surface area contributed by atoms with Crippen molar-refractivity contribution in [2.24, 2.45) is 5.92 Å². The van der Waals surface area contributed by atoms with Crippen molar-refractivity contribution in [1.82, 2.24) is 10.2 Å². The Morgan fingerprint density at radius 3 is 2.78 bits per heavy atom. The molecule has 18 heavy (non-hydrogen) atoms. The highest BCUT2D eigenvalue weighted by Gasteiger charge is 2.42. The van der Waals surface area contributed by atoms with E-state index in [4.69, 9.17) is 0 Å². The predicted octanol–water partition coefficient (Wildman–Crippen LogP) is 2.00. The Balaban J connectivity index is 1.76. The summed E-state index contributed by atoms with van der Waals surface area (Å²) < 4.78 is 0. The van der Waals surface area contributed by atoms with Crippen LogP contribution in [0.3, 0.4) is 0 Å². The Morgan fingerprint density at radius 1 is 1.28 bits per heavy atom. The van der Waals surface area contributed by atoms with Gasteiger partial charge in [-0.3, -0.25) is 0 Å². The number of rotatable bonds is 3. The normalized spacial score (nSPS) is 34.3. The highest BCUT2D eigenvalue weighted by atomic mass is 16.3. The molecule has 0 spiro atoms. The molecule has 1 saturated carbocycles. The van der Waals surface area contributed by atoms with Gasteiger partial charge in [0.25, 0.3) is 0 Å². The molecule has 1 aliphatic heterocycles. The van der Waals surface area contributed by atoms with Crippen LogP contribution in [0.15, 0.2) is 0 Å². The van der Waals surface area contributed by atoms with E-state index in [2.05, 4.69) is 31.0 Å². The smallest absolute Gasteiger partial charge is 0.0700 e. The van der Waals surface area contributed by atoms with Crippen LogP contribution in [0.1, 0.15) is 52.9 Å². The van der Waals surface area contributed by atoms with Crippen molar-refractivity contribution in [1.29, 1.82) is 0 Å². The second-order valence-electron chi connectivity index (χ2n) is 7.27. The Bertz CT molecular complexity index is 274. The number of likely N-dealkylation sites (tertiary alicyclic amines) is 1. The zero-order valence-electron chi connectivity index (χ0n) is 12.3. The van der Waals surface area contributed by atoms with Crippen molar-refractivity contribution in [3.8, 4) is 0 Å². The van der Waals surface area contributed by atoms with Crippen molar-refractivity contribution < 1.29 is 5.11 Å². The number of hydrogen-bond donors (Lipinski definition) is 2. The molecule has 0 radical (unpaired) electrons. The minimum Gasteiger partial charge on any atom is -0.390 e. The van der Waals surface area contributed by atoms with Crippen LogP contribution in [0.25, 0.3) is 0 Å². The van der Waals surface area contributed by atoms with Gasteiger partial charge in [0.2, 0.25) is 0 Å². The van der Waals surface area contributed by atoms with Gasteiger partial charge in [0.1, 0.15) is 0 Å². The number of aliphatic hydroxyl groups is 1. The molecule has 2 unspecified atom stereocenters. The minimum atomic E-state index is -0.327. The van der Waals surface area contributed by atoms with Gasteiger partial charge in [-0.1, -0.05) is 12.8 Å². The Hall–Kier alpha value is -0.120. The maximum absolute atomic E-state index is 10.6. The summed E-state index contributed by atoms with van der Waals surface area (Å²) >= 11 is 0. The van der Waals surface area contributed by atoms with E-state index in [0.717, 1.165) is 39.0 Å². The molecule has 1 aliphatic carbocycles. The third-order valence-corrected chi connectivity index (χ3v) is 4.60. The lowest BCUT2D eigenvalue weighted by atomic mass is 9.71. The molecular formula is C15H30N2O. The monoisotopic (exact) mass is 254 g/mol. The van der Waals surface area contributed by atoms with E-state index in [0.29, 0.717) is 5.92 Å². The van der Waals surface area contributed by atoms with Crippen LogP contribution in [-0.4, -0.2) is 47.3 Å². The molecule has 1 heterocycles. The summed E-state index contributed by atoms with van der Waals surface area (Å²) in [6.45, 7) is 11.0. The number of piperidine rings is 1. The molecule has 0 aromatic carbocycles. The first-order valence-corrected chi connectivity index (χ1v) is 7.59. The average molecular weight is 254 g/mol. The maximum atomic E-state index is 10.6. The van der Waals surface area contributed by atoms with E-state index < -0.39 is 0 Å². The first kappa shape index (κ1) is 14.3. The van der Waals surface area contributed by atoms with Crippen LogP contribution in [0, 0.1) is 5.92 Å². The SMILES string of the molecule is CC(C)(C)NCCN1CCC2(O)CCCCC2C1. The summed E-state index contributed by atoms with van der Waals surface area (Å²) in [5.41, 5.74) is -0.117. The molecule has 2 fully saturated rings. The summed E-state index contributed by atoms with van der Waals surface area (Å²) in [6, 6.07) is 0. The summed E-state index contributed by atoms with van der Waals surface area (Å²) in [4.78, 5) is 2.53. The number of hydrogen-bond acceptors (Lipinski definition) is 3. The molecule has 2 atom stereocenters. The van der Waals surface area contributed by atoms with Crippen LogP contribution in [0.2, 0.25) is 0 Å². The lowest BCUT2D eigenvalue weighted by Crippen LogP contribution is -2.54. The van der Waals surface area contributed by atoms with E-state index in [-0.39, 0.29) is 11.1 Å². The topological polar surface area (TPSA) is 35.5 Å². The predicted molar refractivity (Wildman–Crippen MR) is 75.7 cm³/mol. The average Bonchev–Trinajstić information content (AvgIpc) is 2.27. The van der Waals surface area contributed by atoms with E-state index in [9.17, 15) is 5.11 Å². The van der Waals surface area contributed by atoms with E-state index in [1.165, 1.54) is 19.3 Å². The third kappa shape index (κ3) is 3.69. The van der Waals surface area contributed by atoms with Crippen molar-refractivity contribution >= 4 is 0 Å². The quantitative estimate of drug-likeness (QED) is 0.808. The van der Waals surface area contributed by atoms with Crippen molar-refractivity contribution in [3.63, 3.8) is 0 Å². The molecule has 3 heteroatoms. The Kier molecular flexibility index (Phi) is 4.35. The van der Waals surface area contributed by atoms with Crippen molar-refractivity contribution in [2.75, 3.05) is 26.2 Å². The van der Waals surface area contributed by atoms with E-state index >= 15 is 0 Å².